The first kappa shape index (κ1) is 14.6. The maximum Gasteiger partial charge on any atom is 0.244 e. The molecule has 1 aromatic rings. The summed E-state index contributed by atoms with van der Waals surface area (Å²) in [7, 11) is -3.54. The van der Waals surface area contributed by atoms with Crippen LogP contribution >= 0.6 is 11.6 Å². The van der Waals surface area contributed by atoms with Gasteiger partial charge in [-0.25, -0.2) is 13.4 Å². The Bertz CT molecular complexity index is 556. The lowest BCUT2D eigenvalue weighted by Gasteiger charge is -2.26. The van der Waals surface area contributed by atoms with E-state index in [4.69, 9.17) is 17.3 Å². The molecule has 0 atom stereocenters. The SMILES string of the molecule is CCN(C1CCCC1)S(=O)(=O)c1cnc(N)c(Cl)c1. The predicted molar refractivity (Wildman–Crippen MR) is 75.5 cm³/mol. The molecule has 0 bridgehead atoms. The topological polar surface area (TPSA) is 76.3 Å². The molecule has 1 aromatic heterocycles. The van der Waals surface area contributed by atoms with Crippen molar-refractivity contribution < 1.29 is 8.42 Å². The van der Waals surface area contributed by atoms with Gasteiger partial charge in [-0.2, -0.15) is 4.31 Å². The minimum Gasteiger partial charge on any atom is -0.382 e. The number of nitrogen functional groups attached to an aromatic ring is 1. The number of anilines is 1. The first-order valence-electron chi connectivity index (χ1n) is 6.39. The van der Waals surface area contributed by atoms with Gasteiger partial charge in [0.1, 0.15) is 10.7 Å². The Morgan fingerprint density at radius 2 is 2.11 bits per heavy atom. The van der Waals surface area contributed by atoms with Gasteiger partial charge in [-0.05, 0) is 18.9 Å². The lowest BCUT2D eigenvalue weighted by Crippen LogP contribution is -2.38. The minimum absolute atomic E-state index is 0.0892. The van der Waals surface area contributed by atoms with E-state index in [9.17, 15) is 8.42 Å². The third-order valence-electron chi connectivity index (χ3n) is 3.49. The van der Waals surface area contributed by atoms with Crippen molar-refractivity contribution in [3.63, 3.8) is 0 Å². The molecular formula is C12H18ClN3O2S. The van der Waals surface area contributed by atoms with E-state index in [2.05, 4.69) is 4.98 Å². The van der Waals surface area contributed by atoms with Crippen LogP contribution in [0.2, 0.25) is 5.02 Å². The van der Waals surface area contributed by atoms with Crippen molar-refractivity contribution in [3.05, 3.63) is 17.3 Å². The summed E-state index contributed by atoms with van der Waals surface area (Å²) >= 11 is 5.86. The minimum atomic E-state index is -3.54. The zero-order valence-corrected chi connectivity index (χ0v) is 12.4. The zero-order valence-electron chi connectivity index (χ0n) is 10.8. The monoisotopic (exact) mass is 303 g/mol. The molecule has 2 rings (SSSR count). The number of hydrogen-bond acceptors (Lipinski definition) is 4. The lowest BCUT2D eigenvalue weighted by molar-refractivity contribution is 0.335. The molecule has 1 aliphatic carbocycles. The molecule has 0 amide bonds. The molecule has 1 fully saturated rings. The van der Waals surface area contributed by atoms with Crippen LogP contribution < -0.4 is 5.73 Å². The fourth-order valence-corrected chi connectivity index (χ4v) is 4.42. The van der Waals surface area contributed by atoms with Crippen LogP contribution in [0.1, 0.15) is 32.6 Å². The van der Waals surface area contributed by atoms with Crippen LogP contribution in [0.3, 0.4) is 0 Å². The first-order valence-corrected chi connectivity index (χ1v) is 8.21. The lowest BCUT2D eigenvalue weighted by atomic mass is 10.2. The number of halogens is 1. The summed E-state index contributed by atoms with van der Waals surface area (Å²) in [4.78, 5) is 3.94. The van der Waals surface area contributed by atoms with Crippen molar-refractivity contribution >= 4 is 27.4 Å². The highest BCUT2D eigenvalue weighted by Crippen LogP contribution is 2.29. The largest absolute Gasteiger partial charge is 0.382 e. The Labute approximate surface area is 118 Å². The van der Waals surface area contributed by atoms with Gasteiger partial charge in [-0.1, -0.05) is 31.4 Å². The molecule has 0 spiro atoms. The Morgan fingerprint density at radius 1 is 1.47 bits per heavy atom. The first-order chi connectivity index (χ1) is 8.96. The molecule has 1 saturated carbocycles. The molecule has 0 radical (unpaired) electrons. The van der Waals surface area contributed by atoms with Gasteiger partial charge in [0.25, 0.3) is 0 Å². The molecule has 1 heterocycles. The van der Waals surface area contributed by atoms with E-state index >= 15 is 0 Å². The van der Waals surface area contributed by atoms with E-state index in [0.717, 1.165) is 25.7 Å². The molecule has 1 aliphatic rings. The maximum atomic E-state index is 12.6. The average Bonchev–Trinajstić information content (AvgIpc) is 2.86. The van der Waals surface area contributed by atoms with E-state index in [-0.39, 0.29) is 21.8 Å². The normalized spacial score (nSPS) is 17.2. The molecular weight excluding hydrogens is 286 g/mol. The zero-order chi connectivity index (χ0) is 14.0. The summed E-state index contributed by atoms with van der Waals surface area (Å²) in [6, 6.07) is 1.46. The van der Waals surface area contributed by atoms with Gasteiger partial charge in [0, 0.05) is 18.8 Å². The van der Waals surface area contributed by atoms with Crippen molar-refractivity contribution in [1.82, 2.24) is 9.29 Å². The van der Waals surface area contributed by atoms with Crippen molar-refractivity contribution in [2.45, 2.75) is 43.5 Å². The van der Waals surface area contributed by atoms with Crippen molar-refractivity contribution in [2.24, 2.45) is 0 Å². The van der Waals surface area contributed by atoms with Crippen molar-refractivity contribution in [3.8, 4) is 0 Å². The predicted octanol–water partition coefficient (Wildman–Crippen LogP) is 2.27. The van der Waals surface area contributed by atoms with E-state index in [1.165, 1.54) is 12.3 Å². The van der Waals surface area contributed by atoms with Crippen LogP contribution in [0.5, 0.6) is 0 Å². The standard InChI is InChI=1S/C12H18ClN3O2S/c1-2-16(9-5-3-4-6-9)19(17,18)10-7-11(13)12(14)15-8-10/h7-9H,2-6H2,1H3,(H2,14,15). The fourth-order valence-electron chi connectivity index (χ4n) is 2.52. The second kappa shape index (κ2) is 5.64. The molecule has 5 nitrogen and oxygen atoms in total. The smallest absolute Gasteiger partial charge is 0.244 e. The molecule has 0 aliphatic heterocycles. The van der Waals surface area contributed by atoms with Crippen LogP contribution in [0, 0.1) is 0 Å². The quantitative estimate of drug-likeness (QED) is 0.925. The van der Waals surface area contributed by atoms with Gasteiger partial charge >= 0.3 is 0 Å². The second-order valence-electron chi connectivity index (χ2n) is 4.68. The molecule has 106 valence electrons. The maximum absolute atomic E-state index is 12.6. The van der Waals surface area contributed by atoms with Crippen molar-refractivity contribution in [1.29, 1.82) is 0 Å². The highest BCUT2D eigenvalue weighted by atomic mass is 35.5. The highest BCUT2D eigenvalue weighted by Gasteiger charge is 2.32. The summed E-state index contributed by atoms with van der Waals surface area (Å²) in [5.74, 6) is 0.143. The Kier molecular flexibility index (Phi) is 4.32. The number of sulfonamides is 1. The molecule has 0 aromatic carbocycles. The fraction of sp³-hybridized carbons (Fsp3) is 0.583. The molecule has 19 heavy (non-hydrogen) atoms. The summed E-state index contributed by atoms with van der Waals surface area (Å²) in [6.45, 7) is 2.30. The molecule has 0 unspecified atom stereocenters. The van der Waals surface area contributed by atoms with Gasteiger partial charge in [0.2, 0.25) is 10.0 Å². The van der Waals surface area contributed by atoms with Gasteiger partial charge in [-0.15, -0.1) is 0 Å². The summed E-state index contributed by atoms with van der Waals surface area (Å²) in [6.07, 6.45) is 5.27. The van der Waals surface area contributed by atoms with Gasteiger partial charge in [0.05, 0.1) is 5.02 Å². The Hall–Kier alpha value is -0.850. The van der Waals surface area contributed by atoms with E-state index in [0.29, 0.717) is 6.54 Å². The van der Waals surface area contributed by atoms with Crippen LogP contribution in [0.25, 0.3) is 0 Å². The summed E-state index contributed by atoms with van der Waals surface area (Å²) in [5, 5.41) is 0.170. The Morgan fingerprint density at radius 3 is 2.63 bits per heavy atom. The summed E-state index contributed by atoms with van der Waals surface area (Å²) in [5.41, 5.74) is 5.51. The number of rotatable bonds is 4. The van der Waals surface area contributed by atoms with Crippen molar-refractivity contribution in [2.75, 3.05) is 12.3 Å². The third-order valence-corrected chi connectivity index (χ3v) is 5.79. The van der Waals surface area contributed by atoms with E-state index in [1.807, 2.05) is 6.92 Å². The second-order valence-corrected chi connectivity index (χ2v) is 6.98. The average molecular weight is 304 g/mol. The van der Waals surface area contributed by atoms with Crippen LogP contribution in [0.15, 0.2) is 17.2 Å². The number of hydrogen-bond donors (Lipinski definition) is 1. The van der Waals surface area contributed by atoms with Gasteiger partial charge in [-0.3, -0.25) is 0 Å². The van der Waals surface area contributed by atoms with Gasteiger partial charge < -0.3 is 5.73 Å². The molecule has 0 saturated heterocycles. The highest BCUT2D eigenvalue weighted by molar-refractivity contribution is 7.89. The number of aromatic nitrogens is 1. The third kappa shape index (κ3) is 2.85. The van der Waals surface area contributed by atoms with Crippen LogP contribution in [0.4, 0.5) is 5.82 Å². The molecule has 7 heteroatoms. The number of pyridine rings is 1. The Balaban J connectivity index is 2.36. The van der Waals surface area contributed by atoms with E-state index < -0.39 is 10.0 Å². The molecule has 2 N–H and O–H groups in total. The number of nitrogens with two attached hydrogens (primary N) is 1. The number of nitrogens with zero attached hydrogens (tertiary/aromatic N) is 2. The summed E-state index contributed by atoms with van der Waals surface area (Å²) < 4.78 is 26.7. The van der Waals surface area contributed by atoms with Crippen LogP contribution in [-0.2, 0) is 10.0 Å². The van der Waals surface area contributed by atoms with E-state index in [1.54, 1.807) is 4.31 Å². The van der Waals surface area contributed by atoms with Crippen LogP contribution in [-0.4, -0.2) is 30.3 Å². The van der Waals surface area contributed by atoms with Gasteiger partial charge in [0.15, 0.2) is 0 Å².